The van der Waals surface area contributed by atoms with Crippen molar-refractivity contribution in [2.75, 3.05) is 0 Å². The fourth-order valence-corrected chi connectivity index (χ4v) is 1.10. The molecule has 0 bridgehead atoms. The number of rotatable bonds is 1. The lowest BCUT2D eigenvalue weighted by molar-refractivity contribution is 0.548. The summed E-state index contributed by atoms with van der Waals surface area (Å²) < 4.78 is 0. The van der Waals surface area contributed by atoms with E-state index in [-0.39, 0.29) is 5.41 Å². The SMILES string of the molecule is CC(C)(C)c1nc(-c2ccn[nH]2)n[nH]1. The number of nitrogens with one attached hydrogen (secondary N) is 2. The molecule has 0 saturated heterocycles. The predicted octanol–water partition coefficient (Wildman–Crippen LogP) is 1.49. The first-order valence-electron chi connectivity index (χ1n) is 4.50. The molecule has 0 aliphatic heterocycles. The summed E-state index contributed by atoms with van der Waals surface area (Å²) in [6.45, 7) is 6.26. The summed E-state index contributed by atoms with van der Waals surface area (Å²) >= 11 is 0. The van der Waals surface area contributed by atoms with Gasteiger partial charge in [0.25, 0.3) is 0 Å². The second-order valence-corrected chi connectivity index (χ2v) is 4.23. The first-order valence-corrected chi connectivity index (χ1v) is 4.50. The second-order valence-electron chi connectivity index (χ2n) is 4.23. The van der Waals surface area contributed by atoms with Crippen molar-refractivity contribution in [1.82, 2.24) is 25.4 Å². The second kappa shape index (κ2) is 2.94. The van der Waals surface area contributed by atoms with Crippen molar-refractivity contribution >= 4 is 0 Å². The van der Waals surface area contributed by atoms with Gasteiger partial charge in [0, 0.05) is 11.6 Å². The van der Waals surface area contributed by atoms with E-state index < -0.39 is 0 Å². The van der Waals surface area contributed by atoms with Crippen LogP contribution in [0.4, 0.5) is 0 Å². The molecule has 0 aliphatic rings. The molecule has 2 rings (SSSR count). The molecule has 0 aromatic carbocycles. The van der Waals surface area contributed by atoms with Crippen molar-refractivity contribution in [3.63, 3.8) is 0 Å². The summed E-state index contributed by atoms with van der Waals surface area (Å²) in [6.07, 6.45) is 1.68. The van der Waals surface area contributed by atoms with Gasteiger partial charge in [-0.1, -0.05) is 20.8 Å². The molecule has 0 atom stereocenters. The summed E-state index contributed by atoms with van der Waals surface area (Å²) in [7, 11) is 0. The molecule has 74 valence electrons. The Kier molecular flexibility index (Phi) is 1.87. The van der Waals surface area contributed by atoms with Crippen LogP contribution in [0.2, 0.25) is 0 Å². The molecule has 0 radical (unpaired) electrons. The van der Waals surface area contributed by atoms with Crippen LogP contribution in [0.25, 0.3) is 11.5 Å². The molecule has 5 heteroatoms. The maximum Gasteiger partial charge on any atom is 0.199 e. The van der Waals surface area contributed by atoms with Crippen molar-refractivity contribution in [1.29, 1.82) is 0 Å². The minimum Gasteiger partial charge on any atom is -0.275 e. The Morgan fingerprint density at radius 3 is 2.50 bits per heavy atom. The highest BCUT2D eigenvalue weighted by atomic mass is 15.2. The first kappa shape index (κ1) is 8.93. The normalized spacial score (nSPS) is 11.9. The van der Waals surface area contributed by atoms with Crippen LogP contribution in [0, 0.1) is 0 Å². The molecule has 0 unspecified atom stereocenters. The zero-order chi connectivity index (χ0) is 10.2. The topological polar surface area (TPSA) is 70.2 Å². The van der Waals surface area contributed by atoms with Gasteiger partial charge in [-0.3, -0.25) is 10.2 Å². The zero-order valence-corrected chi connectivity index (χ0v) is 8.50. The predicted molar refractivity (Wildman–Crippen MR) is 52.7 cm³/mol. The van der Waals surface area contributed by atoms with E-state index >= 15 is 0 Å². The lowest BCUT2D eigenvalue weighted by Crippen LogP contribution is -2.13. The van der Waals surface area contributed by atoms with Crippen LogP contribution in [0.3, 0.4) is 0 Å². The summed E-state index contributed by atoms with van der Waals surface area (Å²) in [5.41, 5.74) is 0.822. The molecular formula is C9H13N5. The lowest BCUT2D eigenvalue weighted by atomic mass is 9.96. The maximum absolute atomic E-state index is 4.39. The van der Waals surface area contributed by atoms with Gasteiger partial charge in [0.15, 0.2) is 5.82 Å². The monoisotopic (exact) mass is 191 g/mol. The lowest BCUT2D eigenvalue weighted by Gasteiger charge is -2.12. The van der Waals surface area contributed by atoms with Gasteiger partial charge in [0.1, 0.15) is 11.5 Å². The Hall–Kier alpha value is -1.65. The molecule has 0 fully saturated rings. The summed E-state index contributed by atoms with van der Waals surface area (Å²) in [4.78, 5) is 4.39. The molecule has 0 saturated carbocycles. The van der Waals surface area contributed by atoms with E-state index in [4.69, 9.17) is 0 Å². The van der Waals surface area contributed by atoms with E-state index in [1.807, 2.05) is 6.07 Å². The Morgan fingerprint density at radius 1 is 1.21 bits per heavy atom. The van der Waals surface area contributed by atoms with E-state index in [0.29, 0.717) is 5.82 Å². The van der Waals surface area contributed by atoms with E-state index in [2.05, 4.69) is 46.1 Å². The number of aromatic amines is 2. The minimum absolute atomic E-state index is 0.00866. The van der Waals surface area contributed by atoms with Gasteiger partial charge in [0.2, 0.25) is 0 Å². The smallest absolute Gasteiger partial charge is 0.199 e. The highest BCUT2D eigenvalue weighted by molar-refractivity contribution is 5.47. The summed E-state index contributed by atoms with van der Waals surface area (Å²) in [5, 5.41) is 13.7. The summed E-state index contributed by atoms with van der Waals surface area (Å²) in [5.74, 6) is 1.54. The van der Waals surface area contributed by atoms with Gasteiger partial charge in [0.05, 0.1) is 0 Å². The standard InChI is InChI=1S/C9H13N5/c1-9(2,3)8-11-7(13-14-8)6-4-5-10-12-6/h4-5H,1-3H3,(H,10,12)(H,11,13,14). The maximum atomic E-state index is 4.39. The summed E-state index contributed by atoms with van der Waals surface area (Å²) in [6, 6.07) is 1.84. The zero-order valence-electron chi connectivity index (χ0n) is 8.50. The van der Waals surface area contributed by atoms with Crippen molar-refractivity contribution in [3.05, 3.63) is 18.1 Å². The van der Waals surface area contributed by atoms with Crippen LogP contribution in [-0.2, 0) is 5.41 Å². The van der Waals surface area contributed by atoms with E-state index in [1.165, 1.54) is 0 Å². The minimum atomic E-state index is -0.00866. The average Bonchev–Trinajstić information content (AvgIpc) is 2.73. The Morgan fingerprint density at radius 2 is 2.00 bits per heavy atom. The van der Waals surface area contributed by atoms with Crippen LogP contribution in [0.5, 0.6) is 0 Å². The number of hydrogen-bond acceptors (Lipinski definition) is 3. The molecule has 0 amide bonds. The number of H-pyrrole nitrogens is 2. The van der Waals surface area contributed by atoms with Crippen LogP contribution in [0.1, 0.15) is 26.6 Å². The van der Waals surface area contributed by atoms with Gasteiger partial charge < -0.3 is 0 Å². The van der Waals surface area contributed by atoms with Crippen molar-refractivity contribution in [3.8, 4) is 11.5 Å². The highest BCUT2D eigenvalue weighted by Gasteiger charge is 2.19. The largest absolute Gasteiger partial charge is 0.275 e. The van der Waals surface area contributed by atoms with Crippen LogP contribution in [-0.4, -0.2) is 25.4 Å². The molecule has 2 heterocycles. The molecular weight excluding hydrogens is 178 g/mol. The van der Waals surface area contributed by atoms with Gasteiger partial charge >= 0.3 is 0 Å². The van der Waals surface area contributed by atoms with Crippen LogP contribution >= 0.6 is 0 Å². The fourth-order valence-electron chi connectivity index (χ4n) is 1.10. The van der Waals surface area contributed by atoms with Crippen LogP contribution < -0.4 is 0 Å². The van der Waals surface area contributed by atoms with E-state index in [0.717, 1.165) is 11.5 Å². The van der Waals surface area contributed by atoms with Crippen molar-refractivity contribution in [2.45, 2.75) is 26.2 Å². The molecule has 2 N–H and O–H groups in total. The van der Waals surface area contributed by atoms with Crippen molar-refractivity contribution < 1.29 is 0 Å². The van der Waals surface area contributed by atoms with Crippen molar-refractivity contribution in [2.24, 2.45) is 0 Å². The van der Waals surface area contributed by atoms with Gasteiger partial charge in [-0.25, -0.2) is 4.98 Å². The van der Waals surface area contributed by atoms with Gasteiger partial charge in [-0.2, -0.15) is 10.2 Å². The fraction of sp³-hybridized carbons (Fsp3) is 0.444. The average molecular weight is 191 g/mol. The number of aromatic nitrogens is 5. The Labute approximate surface area is 82.0 Å². The first-order chi connectivity index (χ1) is 6.57. The third kappa shape index (κ3) is 1.53. The quantitative estimate of drug-likeness (QED) is 0.717. The van der Waals surface area contributed by atoms with Gasteiger partial charge in [-0.15, -0.1) is 0 Å². The molecule has 2 aromatic rings. The molecule has 14 heavy (non-hydrogen) atoms. The van der Waals surface area contributed by atoms with Gasteiger partial charge in [-0.05, 0) is 6.07 Å². The number of hydrogen-bond donors (Lipinski definition) is 2. The van der Waals surface area contributed by atoms with E-state index in [9.17, 15) is 0 Å². The van der Waals surface area contributed by atoms with E-state index in [1.54, 1.807) is 6.20 Å². The molecule has 0 spiro atoms. The highest BCUT2D eigenvalue weighted by Crippen LogP contribution is 2.20. The molecule has 5 nitrogen and oxygen atoms in total. The molecule has 0 aliphatic carbocycles. The Bertz CT molecular complexity index is 407. The third-order valence-corrected chi connectivity index (χ3v) is 1.94. The third-order valence-electron chi connectivity index (χ3n) is 1.94. The number of nitrogens with zero attached hydrogens (tertiary/aromatic N) is 3. The molecule has 2 aromatic heterocycles. The van der Waals surface area contributed by atoms with Crippen LogP contribution in [0.15, 0.2) is 12.3 Å². The Balaban J connectivity index is 2.36.